The van der Waals surface area contributed by atoms with Crippen LogP contribution in [0.3, 0.4) is 0 Å². The zero-order valence-corrected chi connectivity index (χ0v) is 10.3. The number of fused-ring (bicyclic) bond motifs is 1. The van der Waals surface area contributed by atoms with Crippen molar-refractivity contribution in [2.75, 3.05) is 36.0 Å². The van der Waals surface area contributed by atoms with Crippen LogP contribution in [0.1, 0.15) is 12.5 Å². The van der Waals surface area contributed by atoms with Gasteiger partial charge < -0.3 is 14.9 Å². The van der Waals surface area contributed by atoms with E-state index in [4.69, 9.17) is 5.11 Å². The fourth-order valence-electron chi connectivity index (χ4n) is 2.26. The van der Waals surface area contributed by atoms with Crippen molar-refractivity contribution in [3.63, 3.8) is 0 Å². The van der Waals surface area contributed by atoms with Crippen LogP contribution in [0.2, 0.25) is 0 Å². The van der Waals surface area contributed by atoms with Crippen LogP contribution in [0, 0.1) is 6.92 Å². The molecule has 4 heteroatoms. The number of benzene rings is 1. The summed E-state index contributed by atoms with van der Waals surface area (Å²) < 4.78 is 0. The molecular weight excluding hydrogens is 216 g/mol. The number of carbonyl (C=O) groups is 1. The zero-order chi connectivity index (χ0) is 12.4. The second kappa shape index (κ2) is 4.75. The van der Waals surface area contributed by atoms with E-state index in [0.29, 0.717) is 13.1 Å². The molecule has 0 radical (unpaired) electrons. The summed E-state index contributed by atoms with van der Waals surface area (Å²) in [5.74, 6) is 0.0683. The highest BCUT2D eigenvalue weighted by Gasteiger charge is 2.24. The number of aliphatic hydroxyl groups is 1. The van der Waals surface area contributed by atoms with Gasteiger partial charge in [-0.25, -0.2) is 0 Å². The standard InChI is InChI=1S/C13H18N2O2/c1-10-3-4-12-13(9-10)14(7-8-16)5-6-15(12)11(2)17/h3-4,9,16H,5-8H2,1-2H3. The quantitative estimate of drug-likeness (QED) is 0.835. The monoisotopic (exact) mass is 234 g/mol. The fourth-order valence-corrected chi connectivity index (χ4v) is 2.26. The van der Waals surface area contributed by atoms with Crippen LogP contribution < -0.4 is 9.80 Å². The average Bonchev–Trinajstić information content (AvgIpc) is 2.29. The van der Waals surface area contributed by atoms with E-state index in [1.54, 1.807) is 11.8 Å². The Hall–Kier alpha value is -1.55. The molecule has 1 N–H and O–H groups in total. The van der Waals surface area contributed by atoms with Gasteiger partial charge in [-0.3, -0.25) is 4.79 Å². The van der Waals surface area contributed by atoms with Crippen molar-refractivity contribution in [3.05, 3.63) is 23.8 Å². The SMILES string of the molecule is CC(=O)N1CCN(CCO)c2cc(C)ccc21. The molecule has 1 aliphatic heterocycles. The summed E-state index contributed by atoms with van der Waals surface area (Å²) >= 11 is 0. The number of β-amino-alcohol motifs (C(OH)–C–C–N with tert-alkyl or cyclic N) is 1. The third kappa shape index (κ3) is 2.26. The third-order valence-corrected chi connectivity index (χ3v) is 3.11. The molecule has 0 saturated carbocycles. The van der Waals surface area contributed by atoms with Crippen molar-refractivity contribution in [2.45, 2.75) is 13.8 Å². The minimum Gasteiger partial charge on any atom is -0.395 e. The summed E-state index contributed by atoms with van der Waals surface area (Å²) in [6.07, 6.45) is 0. The molecule has 0 atom stereocenters. The summed E-state index contributed by atoms with van der Waals surface area (Å²) in [4.78, 5) is 15.5. The average molecular weight is 234 g/mol. The molecule has 0 fully saturated rings. The summed E-state index contributed by atoms with van der Waals surface area (Å²) in [5, 5.41) is 9.07. The van der Waals surface area contributed by atoms with E-state index < -0.39 is 0 Å². The van der Waals surface area contributed by atoms with Crippen molar-refractivity contribution in [3.8, 4) is 0 Å². The van der Waals surface area contributed by atoms with E-state index in [1.807, 2.05) is 19.1 Å². The maximum Gasteiger partial charge on any atom is 0.223 e. The number of aliphatic hydroxyl groups excluding tert-OH is 1. The molecule has 0 bridgehead atoms. The van der Waals surface area contributed by atoms with Gasteiger partial charge in [0.05, 0.1) is 18.0 Å². The Morgan fingerprint density at radius 3 is 2.76 bits per heavy atom. The second-order valence-corrected chi connectivity index (χ2v) is 4.37. The van der Waals surface area contributed by atoms with Gasteiger partial charge in [0.2, 0.25) is 5.91 Å². The van der Waals surface area contributed by atoms with Crippen LogP contribution in [0.5, 0.6) is 0 Å². The number of hydrogen-bond acceptors (Lipinski definition) is 3. The highest BCUT2D eigenvalue weighted by molar-refractivity contribution is 5.96. The molecular formula is C13H18N2O2. The van der Waals surface area contributed by atoms with Crippen LogP contribution in [-0.4, -0.2) is 37.3 Å². The van der Waals surface area contributed by atoms with Crippen molar-refractivity contribution in [1.29, 1.82) is 0 Å². The van der Waals surface area contributed by atoms with E-state index in [2.05, 4.69) is 11.0 Å². The Balaban J connectivity index is 2.42. The van der Waals surface area contributed by atoms with E-state index in [0.717, 1.165) is 23.5 Å². The molecule has 0 aromatic heterocycles. The van der Waals surface area contributed by atoms with Gasteiger partial charge in [0.15, 0.2) is 0 Å². The topological polar surface area (TPSA) is 43.8 Å². The molecule has 92 valence electrons. The molecule has 0 aliphatic carbocycles. The molecule has 0 saturated heterocycles. The Labute approximate surface area is 101 Å². The Bertz CT molecular complexity index is 431. The van der Waals surface area contributed by atoms with Crippen LogP contribution in [0.25, 0.3) is 0 Å². The minimum atomic E-state index is 0.0683. The largest absolute Gasteiger partial charge is 0.395 e. The smallest absolute Gasteiger partial charge is 0.223 e. The summed E-state index contributed by atoms with van der Waals surface area (Å²) in [6.45, 7) is 5.83. The van der Waals surface area contributed by atoms with E-state index in [1.165, 1.54) is 0 Å². The van der Waals surface area contributed by atoms with Crippen molar-refractivity contribution >= 4 is 17.3 Å². The molecule has 2 rings (SSSR count). The van der Waals surface area contributed by atoms with Gasteiger partial charge in [-0.05, 0) is 24.6 Å². The molecule has 1 aromatic rings. The first-order chi connectivity index (χ1) is 8.13. The van der Waals surface area contributed by atoms with Crippen molar-refractivity contribution in [1.82, 2.24) is 0 Å². The number of hydrogen-bond donors (Lipinski definition) is 1. The zero-order valence-electron chi connectivity index (χ0n) is 10.3. The maximum atomic E-state index is 11.6. The predicted octanol–water partition coefficient (Wildman–Crippen LogP) is 1.16. The second-order valence-electron chi connectivity index (χ2n) is 4.37. The predicted molar refractivity (Wildman–Crippen MR) is 68.5 cm³/mol. The third-order valence-electron chi connectivity index (χ3n) is 3.11. The minimum absolute atomic E-state index is 0.0683. The Kier molecular flexibility index (Phi) is 3.33. The number of anilines is 2. The van der Waals surface area contributed by atoms with Gasteiger partial charge >= 0.3 is 0 Å². The first kappa shape index (κ1) is 11.9. The first-order valence-corrected chi connectivity index (χ1v) is 5.88. The molecule has 1 aromatic carbocycles. The highest BCUT2D eigenvalue weighted by atomic mass is 16.3. The molecule has 1 aliphatic rings. The van der Waals surface area contributed by atoms with Crippen LogP contribution >= 0.6 is 0 Å². The van der Waals surface area contributed by atoms with Crippen LogP contribution in [-0.2, 0) is 4.79 Å². The first-order valence-electron chi connectivity index (χ1n) is 5.88. The lowest BCUT2D eigenvalue weighted by Gasteiger charge is -2.37. The van der Waals surface area contributed by atoms with Crippen molar-refractivity contribution < 1.29 is 9.90 Å². The number of aryl methyl sites for hydroxylation is 1. The van der Waals surface area contributed by atoms with E-state index >= 15 is 0 Å². The lowest BCUT2D eigenvalue weighted by atomic mass is 10.1. The van der Waals surface area contributed by atoms with Crippen molar-refractivity contribution in [2.24, 2.45) is 0 Å². The van der Waals surface area contributed by atoms with Crippen LogP contribution in [0.4, 0.5) is 11.4 Å². The number of carbonyl (C=O) groups excluding carboxylic acids is 1. The molecule has 17 heavy (non-hydrogen) atoms. The molecule has 0 spiro atoms. The molecule has 1 amide bonds. The van der Waals surface area contributed by atoms with E-state index in [-0.39, 0.29) is 12.5 Å². The summed E-state index contributed by atoms with van der Waals surface area (Å²) in [6, 6.07) is 6.06. The molecule has 4 nitrogen and oxygen atoms in total. The Morgan fingerprint density at radius 1 is 1.35 bits per heavy atom. The number of nitrogens with zero attached hydrogens (tertiary/aromatic N) is 2. The number of rotatable bonds is 2. The van der Waals surface area contributed by atoms with Crippen LogP contribution in [0.15, 0.2) is 18.2 Å². The maximum absolute atomic E-state index is 11.6. The molecule has 1 heterocycles. The normalized spacial score (nSPS) is 14.8. The van der Waals surface area contributed by atoms with Gasteiger partial charge in [-0.2, -0.15) is 0 Å². The fraction of sp³-hybridized carbons (Fsp3) is 0.462. The highest BCUT2D eigenvalue weighted by Crippen LogP contribution is 2.33. The van der Waals surface area contributed by atoms with Gasteiger partial charge in [0, 0.05) is 26.6 Å². The molecule has 0 unspecified atom stereocenters. The Morgan fingerprint density at radius 2 is 2.12 bits per heavy atom. The summed E-state index contributed by atoms with van der Waals surface area (Å²) in [5.41, 5.74) is 3.15. The van der Waals surface area contributed by atoms with E-state index in [9.17, 15) is 4.79 Å². The van der Waals surface area contributed by atoms with Gasteiger partial charge in [-0.1, -0.05) is 6.07 Å². The van der Waals surface area contributed by atoms with Gasteiger partial charge in [-0.15, -0.1) is 0 Å². The van der Waals surface area contributed by atoms with Gasteiger partial charge in [0.25, 0.3) is 0 Å². The lowest BCUT2D eigenvalue weighted by Crippen LogP contribution is -2.44. The number of amides is 1. The summed E-state index contributed by atoms with van der Waals surface area (Å²) in [7, 11) is 0. The van der Waals surface area contributed by atoms with Gasteiger partial charge in [0.1, 0.15) is 0 Å². The lowest BCUT2D eigenvalue weighted by molar-refractivity contribution is -0.116.